The number of benzene rings is 5. The molecular formula is C43H42ClNO8S. The van der Waals surface area contributed by atoms with E-state index in [0.29, 0.717) is 17.7 Å². The molecule has 5 aromatic carbocycles. The Morgan fingerprint density at radius 1 is 0.574 bits per heavy atom. The van der Waals surface area contributed by atoms with E-state index in [1.165, 1.54) is 0 Å². The Kier molecular flexibility index (Phi) is 14.0. The van der Waals surface area contributed by atoms with E-state index in [-0.39, 0.29) is 33.0 Å². The van der Waals surface area contributed by atoms with Gasteiger partial charge in [0.1, 0.15) is 24.4 Å². The van der Waals surface area contributed by atoms with E-state index in [2.05, 4.69) is 8.76 Å². The standard InChI is InChI=1S/C43H42ClNO8S/c44-54(47,48)45-43(46)53(32-37-24-14-5-15-25-37)39-26-38(31-49-27-33-16-6-1-7-17-33)40(50-28-34-18-8-2-9-19-34)42(52-30-36-22-12-4-13-23-36)41(39)51-29-35-20-10-3-11-21-35/h1-26,39-42H,27-32H2/t39-,40+,41-,42-/m0/s1. The van der Waals surface area contributed by atoms with E-state index in [4.69, 9.17) is 29.6 Å². The van der Waals surface area contributed by atoms with Crippen molar-refractivity contribution in [1.29, 1.82) is 0 Å². The molecule has 0 unspecified atom stereocenters. The van der Waals surface area contributed by atoms with Gasteiger partial charge in [0.25, 0.3) is 0 Å². The van der Waals surface area contributed by atoms with Crippen LogP contribution in [0.2, 0.25) is 0 Å². The Hall–Kier alpha value is -4.81. The van der Waals surface area contributed by atoms with Crippen molar-refractivity contribution in [2.45, 2.75) is 57.5 Å². The lowest BCUT2D eigenvalue weighted by Gasteiger charge is -2.47. The minimum atomic E-state index is -4.60. The van der Waals surface area contributed by atoms with Crippen LogP contribution in [0.25, 0.3) is 0 Å². The highest BCUT2D eigenvalue weighted by Crippen LogP contribution is 2.35. The molecule has 9 nitrogen and oxygen atoms in total. The molecule has 0 N–H and O–H groups in total. The Balaban J connectivity index is 1.46. The maximum absolute atomic E-state index is 13.9. The number of hydrogen-bond donors (Lipinski definition) is 0. The average Bonchev–Trinajstić information content (AvgIpc) is 3.19. The molecule has 11 heteroatoms. The van der Waals surface area contributed by atoms with Crippen molar-refractivity contribution in [2.75, 3.05) is 6.61 Å². The molecule has 0 bridgehead atoms. The summed E-state index contributed by atoms with van der Waals surface area (Å²) < 4.78 is 57.0. The molecule has 6 rings (SSSR count). The third-order valence-corrected chi connectivity index (χ3v) is 9.39. The zero-order valence-electron chi connectivity index (χ0n) is 29.6. The van der Waals surface area contributed by atoms with Gasteiger partial charge in [0.2, 0.25) is 0 Å². The van der Waals surface area contributed by atoms with Crippen molar-refractivity contribution < 1.29 is 36.8 Å². The van der Waals surface area contributed by atoms with Crippen LogP contribution in [0.3, 0.4) is 0 Å². The number of rotatable bonds is 17. The van der Waals surface area contributed by atoms with Gasteiger partial charge in [0.05, 0.1) is 39.6 Å². The molecule has 0 saturated heterocycles. The summed E-state index contributed by atoms with van der Waals surface area (Å²) in [6.45, 7) is 0.955. The second-order valence-electron chi connectivity index (χ2n) is 12.8. The summed E-state index contributed by atoms with van der Waals surface area (Å²) in [5, 5.41) is 13.9. The number of hydrogen-bond acceptors (Lipinski definition) is 7. The maximum atomic E-state index is 13.9. The van der Waals surface area contributed by atoms with Crippen molar-refractivity contribution in [1.82, 2.24) is 0 Å². The lowest BCUT2D eigenvalue weighted by atomic mass is 9.88. The monoisotopic (exact) mass is 767 g/mol. The van der Waals surface area contributed by atoms with Crippen LogP contribution in [-0.4, -0.2) is 45.5 Å². The molecule has 0 heterocycles. The molecule has 54 heavy (non-hydrogen) atoms. The van der Waals surface area contributed by atoms with Gasteiger partial charge in [-0.25, -0.2) is 5.11 Å². The molecular weight excluding hydrogens is 726 g/mol. The molecule has 0 aliphatic heterocycles. The van der Waals surface area contributed by atoms with Crippen molar-refractivity contribution in [3.63, 3.8) is 0 Å². The molecule has 1 aliphatic rings. The summed E-state index contributed by atoms with van der Waals surface area (Å²) in [5.74, 6) is 0. The van der Waals surface area contributed by atoms with Gasteiger partial charge in [-0.3, -0.25) is 0 Å². The largest absolute Gasteiger partial charge is 0.570 e. The van der Waals surface area contributed by atoms with Crippen LogP contribution in [0.5, 0.6) is 0 Å². The smallest absolute Gasteiger partial charge is 0.413 e. The highest BCUT2D eigenvalue weighted by Gasteiger charge is 2.46. The van der Waals surface area contributed by atoms with E-state index >= 15 is 0 Å². The quantitative estimate of drug-likeness (QED) is 0.0323. The van der Waals surface area contributed by atoms with E-state index < -0.39 is 39.7 Å². The van der Waals surface area contributed by atoms with Gasteiger partial charge < -0.3 is 23.3 Å². The summed E-state index contributed by atoms with van der Waals surface area (Å²) in [5.41, 5.74) is 5.13. The van der Waals surface area contributed by atoms with Crippen molar-refractivity contribution in [3.05, 3.63) is 191 Å². The highest BCUT2D eigenvalue weighted by atomic mass is 35.7. The van der Waals surface area contributed by atoms with Crippen molar-refractivity contribution in [2.24, 2.45) is 4.40 Å². The van der Waals surface area contributed by atoms with Crippen LogP contribution < -0.4 is 5.11 Å². The fourth-order valence-electron chi connectivity index (χ4n) is 6.24. The number of halogens is 1. The third kappa shape index (κ3) is 11.6. The van der Waals surface area contributed by atoms with Crippen molar-refractivity contribution in [3.8, 4) is 0 Å². The average molecular weight is 768 g/mol. The lowest BCUT2D eigenvalue weighted by Crippen LogP contribution is -2.57. The first kappa shape index (κ1) is 38.9. The van der Waals surface area contributed by atoms with Gasteiger partial charge in [0, 0.05) is 10.7 Å². The van der Waals surface area contributed by atoms with Crippen LogP contribution >= 0.6 is 10.7 Å². The van der Waals surface area contributed by atoms with Gasteiger partial charge in [0.15, 0.2) is 0 Å². The van der Waals surface area contributed by atoms with Crippen LogP contribution in [0, 0.1) is 0 Å². The number of ether oxygens (including phenoxy) is 4. The summed E-state index contributed by atoms with van der Waals surface area (Å²) in [4.78, 5) is 0. The topological polar surface area (TPSA) is 109 Å². The molecule has 280 valence electrons. The maximum Gasteiger partial charge on any atom is 0.413 e. The highest BCUT2D eigenvalue weighted by molar-refractivity contribution is 8.12. The predicted molar refractivity (Wildman–Crippen MR) is 206 cm³/mol. The van der Waals surface area contributed by atoms with Crippen LogP contribution in [0.4, 0.5) is 0 Å². The van der Waals surface area contributed by atoms with Gasteiger partial charge in [-0.05, 0) is 39.5 Å². The first-order valence-electron chi connectivity index (χ1n) is 17.6. The summed E-state index contributed by atoms with van der Waals surface area (Å²) in [7, 11) is 0.952. The summed E-state index contributed by atoms with van der Waals surface area (Å²) in [6, 6.07) is 48.1. The van der Waals surface area contributed by atoms with Crippen LogP contribution in [0.1, 0.15) is 27.8 Å². The first-order chi connectivity index (χ1) is 26.3. The first-order valence-corrected chi connectivity index (χ1v) is 19.8. The minimum Gasteiger partial charge on any atom is -0.570 e. The Morgan fingerprint density at radius 2 is 0.981 bits per heavy atom. The second kappa shape index (κ2) is 19.5. The Morgan fingerprint density at radius 3 is 1.44 bits per heavy atom. The van der Waals surface area contributed by atoms with E-state index in [1.807, 2.05) is 158 Å². The molecule has 0 radical (unpaired) electrons. The van der Waals surface area contributed by atoms with E-state index in [1.54, 1.807) is 0 Å². The summed E-state index contributed by atoms with van der Waals surface area (Å²) >= 11 is 0. The molecule has 0 amide bonds. The number of nitrogens with zero attached hydrogens (tertiary/aromatic N) is 1. The normalized spacial score (nSPS) is 18.9. The third-order valence-electron chi connectivity index (χ3n) is 8.81. The Labute approximate surface area is 321 Å². The molecule has 0 aromatic heterocycles. The van der Waals surface area contributed by atoms with E-state index in [0.717, 1.165) is 22.3 Å². The lowest BCUT2D eigenvalue weighted by molar-refractivity contribution is -0.316. The molecule has 0 saturated carbocycles. The van der Waals surface area contributed by atoms with Gasteiger partial charge in [-0.1, -0.05) is 156 Å². The zero-order valence-corrected chi connectivity index (χ0v) is 31.1. The predicted octanol–water partition coefficient (Wildman–Crippen LogP) is 7.22. The SMILES string of the molecule is O=S(=O)(Cl)/N=C(\[O-])[O+](Cc1ccccc1)[C@H]1C=C(COCc2ccccc2)[C@@H](OCc2ccccc2)[C@H](OCc2ccccc2)[C@H]1OCc1ccccc1. The van der Waals surface area contributed by atoms with Crippen LogP contribution in [-0.2, 0) is 65.6 Å². The van der Waals surface area contributed by atoms with E-state index in [9.17, 15) is 13.5 Å². The zero-order chi connectivity index (χ0) is 37.6. The van der Waals surface area contributed by atoms with Gasteiger partial charge in [-0.15, -0.1) is 0 Å². The fourth-order valence-corrected chi connectivity index (χ4v) is 6.68. The molecule has 1 aliphatic carbocycles. The second-order valence-corrected chi connectivity index (χ2v) is 14.9. The molecule has 5 aromatic rings. The van der Waals surface area contributed by atoms with Crippen LogP contribution in [0.15, 0.2) is 168 Å². The fraction of sp³-hybridized carbons (Fsp3) is 0.233. The molecule has 0 fully saturated rings. The molecule has 0 spiro atoms. The van der Waals surface area contributed by atoms with Gasteiger partial charge in [-0.2, -0.15) is 8.42 Å². The minimum absolute atomic E-state index is 0.0823. The molecule has 4 atom stereocenters. The van der Waals surface area contributed by atoms with Crippen molar-refractivity contribution >= 4 is 26.0 Å². The van der Waals surface area contributed by atoms with Gasteiger partial charge >= 0.3 is 15.3 Å². The Bertz CT molecular complexity index is 2040. The summed E-state index contributed by atoms with van der Waals surface area (Å²) in [6.07, 6.45) is -2.70.